The summed E-state index contributed by atoms with van der Waals surface area (Å²) in [4.78, 5) is 51.8. The lowest BCUT2D eigenvalue weighted by Crippen LogP contribution is -2.71. The summed E-state index contributed by atoms with van der Waals surface area (Å²) in [6.45, 7) is -2.57. The van der Waals surface area contributed by atoms with Crippen LogP contribution in [0.1, 0.15) is 41.5 Å². The van der Waals surface area contributed by atoms with Gasteiger partial charge in [-0.1, -0.05) is 0 Å². The highest BCUT2D eigenvalue weighted by molar-refractivity contribution is 5.74. The summed E-state index contributed by atoms with van der Waals surface area (Å²) in [7, 11) is 0. The summed E-state index contributed by atoms with van der Waals surface area (Å²) in [5.74, 6) is -3.72. The number of hydrogen-bond donors (Lipinski definition) is 30. The molecule has 0 aromatic heterocycles. The minimum atomic E-state index is -2.64. The van der Waals surface area contributed by atoms with E-state index in [9.17, 15) is 152 Å². The molecule has 0 unspecified atom stereocenters. The van der Waals surface area contributed by atoms with Crippen molar-refractivity contribution in [1.82, 2.24) is 21.3 Å². The van der Waals surface area contributed by atoms with Crippen molar-refractivity contribution < 1.29 is 242 Å². The van der Waals surface area contributed by atoms with Crippen LogP contribution in [-0.4, -0.2) is 516 Å². The number of aliphatic hydroxyl groups excluding tert-OH is 26. The SMILES string of the molecule is CC(=O)N[C@@H]1[C@H](O[C@@H]2[C@@H](O[C@@H]3[C@H](O)[C@H](O[C@H]4[C@H](O)[C@@H](NC(C)=O)[C@H](O[C@H]5[C@H](O)[C@@H](NC(C)=O)[C@H](O)O[C@@H]5CO[C@@H]5O[C@@H](C)[C@@H](O)[C@@H](O)[C@@H]5O)O[C@@H]4CO)O[C@H](CO[C@H]4O[C@H](CO)[C@@H](O)[C@H](O)[C@@H]4O[C@@H]4O[C@H](CO)[C@@H](O)[C@H](O)[C@H]4NC(C)=O)[C@H]3O)O[C@H](CO)[C@@H](O)[C@@H]2O)O[C@H](CO)[C@@H](O[C@@H]2O[C@H](CO)[C@H](O)[C@H](O)[C@H]2O)[C@@H]1O[C@@H]1O[C@@H](C)[C@@H](O)[C@@H](O)[C@@H]1O. The molecule has 10 aliphatic rings. The Morgan fingerprint density at radius 3 is 1.05 bits per heavy atom. The molecule has 50 atom stereocenters. The quantitative estimate of drug-likeness (QED) is 0.0318. The molecule has 0 spiro atoms. The van der Waals surface area contributed by atoms with Crippen molar-refractivity contribution in [3.05, 3.63) is 0 Å². The van der Waals surface area contributed by atoms with E-state index in [1.165, 1.54) is 13.8 Å². The lowest BCUT2D eigenvalue weighted by molar-refractivity contribution is -0.403. The zero-order valence-corrected chi connectivity index (χ0v) is 65.5. The van der Waals surface area contributed by atoms with E-state index >= 15 is 0 Å². The predicted octanol–water partition coefficient (Wildman–Crippen LogP) is -20.2. The van der Waals surface area contributed by atoms with Gasteiger partial charge in [0.25, 0.3) is 0 Å². The van der Waals surface area contributed by atoms with Gasteiger partial charge < -0.3 is 244 Å². The van der Waals surface area contributed by atoms with Crippen LogP contribution in [0.5, 0.6) is 0 Å². The summed E-state index contributed by atoms with van der Waals surface area (Å²) in [6, 6.07) is -7.61. The van der Waals surface area contributed by atoms with Gasteiger partial charge in [-0.3, -0.25) is 19.2 Å². The van der Waals surface area contributed by atoms with E-state index in [4.69, 9.17) is 90.0 Å². The number of amides is 4. The van der Waals surface area contributed by atoms with Crippen LogP contribution in [0.2, 0.25) is 0 Å². The van der Waals surface area contributed by atoms with E-state index in [0.29, 0.717) is 0 Å². The first kappa shape index (κ1) is 99.2. The second kappa shape index (κ2) is 43.0. The van der Waals surface area contributed by atoms with Crippen molar-refractivity contribution in [2.24, 2.45) is 0 Å². The largest absolute Gasteiger partial charge is 0.394 e. The average molecular weight is 1770 g/mol. The Balaban J connectivity index is 1.01. The van der Waals surface area contributed by atoms with Gasteiger partial charge in [-0.25, -0.2) is 0 Å². The molecular formula is C68H114N4O49. The van der Waals surface area contributed by atoms with Crippen LogP contribution in [-0.2, 0) is 109 Å². The van der Waals surface area contributed by atoms with Gasteiger partial charge in [0.15, 0.2) is 62.9 Å². The number of carbonyl (C=O) groups excluding carboxylic acids is 4. The van der Waals surface area contributed by atoms with Gasteiger partial charge >= 0.3 is 0 Å². The minimum absolute atomic E-state index is 0.843. The first-order valence-electron chi connectivity index (χ1n) is 38.8. The van der Waals surface area contributed by atoms with Gasteiger partial charge in [-0.15, -0.1) is 0 Å². The van der Waals surface area contributed by atoms with Crippen LogP contribution < -0.4 is 21.3 Å². The second-order valence-electron chi connectivity index (χ2n) is 31.0. The number of aliphatic hydroxyl groups is 26. The lowest BCUT2D eigenvalue weighted by Gasteiger charge is -2.52. The Morgan fingerprint density at radius 1 is 0.231 bits per heavy atom. The number of rotatable bonds is 30. The van der Waals surface area contributed by atoms with Gasteiger partial charge in [0.2, 0.25) is 23.6 Å². The van der Waals surface area contributed by atoms with E-state index in [-0.39, 0.29) is 0 Å². The van der Waals surface area contributed by atoms with Gasteiger partial charge in [0.05, 0.1) is 65.1 Å². The normalized spacial score (nSPS) is 50.0. The molecule has 10 rings (SSSR count). The molecule has 0 aromatic rings. The molecule has 0 bridgehead atoms. The van der Waals surface area contributed by atoms with Crippen LogP contribution in [0, 0.1) is 0 Å². The molecule has 10 aliphatic heterocycles. The maximum Gasteiger partial charge on any atom is 0.217 e. The molecule has 10 fully saturated rings. The highest BCUT2D eigenvalue weighted by Gasteiger charge is 2.62. The van der Waals surface area contributed by atoms with E-state index in [0.717, 1.165) is 27.7 Å². The first-order valence-corrected chi connectivity index (χ1v) is 38.8. The minimum Gasteiger partial charge on any atom is -0.394 e. The Kier molecular flexibility index (Phi) is 35.3. The van der Waals surface area contributed by atoms with E-state index in [2.05, 4.69) is 21.3 Å². The van der Waals surface area contributed by atoms with Crippen LogP contribution in [0.3, 0.4) is 0 Å². The van der Waals surface area contributed by atoms with Gasteiger partial charge in [-0.05, 0) is 13.8 Å². The standard InChI is InChI=1S/C68H114N4O49/c1-15-33(83)43(93)48(98)63(105-15)103-14-28-53(41(91)29(59(102)107-28)69-17(3)79)115-61-31(71-19(5)81)42(92)52(25(11-77)112-61)116-66-51(101)56(39(89)27(114-66)13-104-67-57(46(96)37(87)23(9-75)110-67)120-60-30(70-18(4)80)40(90)35(85)21(7-73)108-60)119-68-58(47(97)38(88)24(10-76)111-68)121-62-32(72-20(6)82)55(118-64-49(99)44(94)34(84)16(2)106-64)54(26(12-78)113-62)117-65-50(100)45(95)36(86)22(8-74)109-65/h15-16,21-68,73-78,83-102H,7-14H2,1-6H3,(H,69,79)(H,70,80)(H,71,81)(H,72,82)/t15-,16-,21+,22+,23+,24+,25+,26+,27+,28+,29+,30+,31+,32-,33+,34+,35+,36-,37+,38+,39+,40+,41+,42+,43+,44+,45-,46-,47-,48-,49-,50+,51-,52+,53+,54+,55+,56-,57-,58-,59+,60-,61-,62-,63+,64-,65-,66-,67-,68+/m0/s1. The van der Waals surface area contributed by atoms with Crippen molar-refractivity contribution in [2.45, 2.75) is 348 Å². The van der Waals surface area contributed by atoms with E-state index in [1.54, 1.807) is 0 Å². The predicted molar refractivity (Wildman–Crippen MR) is 373 cm³/mol. The van der Waals surface area contributed by atoms with Gasteiger partial charge in [0, 0.05) is 27.7 Å². The van der Waals surface area contributed by atoms with Crippen molar-refractivity contribution in [1.29, 1.82) is 0 Å². The molecule has 30 N–H and O–H groups in total. The Morgan fingerprint density at radius 2 is 0.537 bits per heavy atom. The molecule has 4 amide bonds. The third-order valence-corrected chi connectivity index (χ3v) is 22.4. The van der Waals surface area contributed by atoms with E-state index < -0.39 is 383 Å². The number of hydrogen-bond acceptors (Lipinski definition) is 49. The maximum atomic E-state index is 13.5. The second-order valence-corrected chi connectivity index (χ2v) is 31.0. The summed E-state index contributed by atoms with van der Waals surface area (Å²) in [5, 5.41) is 301. The molecule has 53 heteroatoms. The summed E-state index contributed by atoms with van der Waals surface area (Å²) in [5.41, 5.74) is 0. The molecule has 0 radical (unpaired) electrons. The number of nitrogens with one attached hydrogen (secondary N) is 4. The Hall–Kier alpha value is -3.92. The molecular weight excluding hydrogens is 1660 g/mol. The van der Waals surface area contributed by atoms with Gasteiger partial charge in [0.1, 0.15) is 232 Å². The number of carbonyl (C=O) groups is 4. The smallest absolute Gasteiger partial charge is 0.217 e. The average Bonchev–Trinajstić information content (AvgIpc) is 0.766. The number of ether oxygens (including phenoxy) is 19. The fraction of sp³-hybridized carbons (Fsp3) is 0.941. The first-order chi connectivity index (χ1) is 57.1. The molecule has 700 valence electrons. The van der Waals surface area contributed by atoms with E-state index in [1.807, 2.05) is 0 Å². The lowest BCUT2D eigenvalue weighted by atomic mass is 9.93. The van der Waals surface area contributed by atoms with Gasteiger partial charge in [-0.2, -0.15) is 0 Å². The van der Waals surface area contributed by atoms with Crippen molar-refractivity contribution in [3.63, 3.8) is 0 Å². The van der Waals surface area contributed by atoms with Crippen LogP contribution in [0.4, 0.5) is 0 Å². The summed E-state index contributed by atoms with van der Waals surface area (Å²) >= 11 is 0. The van der Waals surface area contributed by atoms with Crippen LogP contribution in [0.15, 0.2) is 0 Å². The molecule has 53 nitrogen and oxygen atoms in total. The zero-order valence-electron chi connectivity index (χ0n) is 65.5. The molecule has 0 saturated carbocycles. The third-order valence-electron chi connectivity index (χ3n) is 22.4. The fourth-order valence-corrected chi connectivity index (χ4v) is 15.7. The highest BCUT2D eigenvalue weighted by Crippen LogP contribution is 2.41. The summed E-state index contributed by atoms with van der Waals surface area (Å²) in [6.07, 6.45) is -95.2. The third kappa shape index (κ3) is 22.0. The topological polar surface area (TPSA) is 818 Å². The zero-order chi connectivity index (χ0) is 89.1. The highest BCUT2D eigenvalue weighted by atomic mass is 16.8. The maximum absolute atomic E-state index is 13.5. The fourth-order valence-electron chi connectivity index (χ4n) is 15.7. The van der Waals surface area contributed by atoms with Crippen molar-refractivity contribution in [2.75, 3.05) is 52.9 Å². The molecule has 10 heterocycles. The molecule has 10 saturated heterocycles. The van der Waals surface area contributed by atoms with Crippen molar-refractivity contribution >= 4 is 23.6 Å². The molecule has 0 aliphatic carbocycles. The Labute approximate surface area is 686 Å². The monoisotopic (exact) mass is 1770 g/mol. The Bertz CT molecular complexity index is 3270. The van der Waals surface area contributed by atoms with Crippen LogP contribution in [0.25, 0.3) is 0 Å². The molecule has 121 heavy (non-hydrogen) atoms. The van der Waals surface area contributed by atoms with Crippen molar-refractivity contribution in [3.8, 4) is 0 Å². The van der Waals surface area contributed by atoms with Crippen LogP contribution >= 0.6 is 0 Å². The molecule has 0 aromatic carbocycles. The summed E-state index contributed by atoms with van der Waals surface area (Å²) < 4.78 is 114.